The summed E-state index contributed by atoms with van der Waals surface area (Å²) in [4.78, 5) is 21.7. The lowest BCUT2D eigenvalue weighted by molar-refractivity contribution is -0.147. The van der Waals surface area contributed by atoms with Gasteiger partial charge in [0.15, 0.2) is 0 Å². The number of carbonyl (C=O) groups is 2. The molecule has 0 bridgehead atoms. The molecule has 1 saturated carbocycles. The topological polar surface area (TPSA) is 83.8 Å². The number of hydrogen-bond acceptors (Lipinski definition) is 4. The second-order valence-electron chi connectivity index (χ2n) is 9.22. The highest BCUT2D eigenvalue weighted by Gasteiger charge is 2.44. The van der Waals surface area contributed by atoms with Gasteiger partial charge in [0.05, 0.1) is 5.41 Å². The summed E-state index contributed by atoms with van der Waals surface area (Å²) in [5.41, 5.74) is 1.50. The molecule has 0 atom stereocenters. The van der Waals surface area contributed by atoms with Gasteiger partial charge in [-0.25, -0.2) is 0 Å². The van der Waals surface area contributed by atoms with Crippen molar-refractivity contribution < 1.29 is 24.5 Å². The van der Waals surface area contributed by atoms with Crippen molar-refractivity contribution in [3.63, 3.8) is 0 Å². The Morgan fingerprint density at radius 1 is 1.03 bits per heavy atom. The zero-order valence-corrected chi connectivity index (χ0v) is 17.9. The van der Waals surface area contributed by atoms with Gasteiger partial charge in [-0.2, -0.15) is 0 Å². The van der Waals surface area contributed by atoms with E-state index in [1.165, 1.54) is 0 Å². The summed E-state index contributed by atoms with van der Waals surface area (Å²) in [5.74, 6) is -0.417. The highest BCUT2D eigenvalue weighted by atomic mass is 16.5. The van der Waals surface area contributed by atoms with Crippen LogP contribution < -0.4 is 0 Å². The molecule has 1 aromatic carbocycles. The minimum absolute atomic E-state index is 0.153. The summed E-state index contributed by atoms with van der Waals surface area (Å²) in [6, 6.07) is 5.86. The lowest BCUT2D eigenvalue weighted by atomic mass is 9.87. The Balaban J connectivity index is 1.66. The number of aromatic hydroxyl groups is 1. The standard InChI is InChI=1S/C24H36O5/c1-23(2,22(27)28)11-7-3-5-9-19-15-20(17-21(26)16-19)10-6-4-8-12-24(13-14-24)29-18-25/h15-18,26H,3-14H2,1-2H3,(H,27,28). The molecule has 0 unspecified atom stereocenters. The number of ether oxygens (including phenoxy) is 1. The Morgan fingerprint density at radius 2 is 1.62 bits per heavy atom. The second-order valence-corrected chi connectivity index (χ2v) is 9.22. The number of aryl methyl sites for hydroxylation is 2. The third-order valence-electron chi connectivity index (χ3n) is 6.09. The smallest absolute Gasteiger partial charge is 0.309 e. The molecule has 1 aliphatic rings. The van der Waals surface area contributed by atoms with Crippen LogP contribution in [0.15, 0.2) is 18.2 Å². The average Bonchev–Trinajstić information content (AvgIpc) is 3.40. The van der Waals surface area contributed by atoms with Gasteiger partial charge >= 0.3 is 5.97 Å². The first-order valence-electron chi connectivity index (χ1n) is 10.9. The number of carboxylic acid groups (broad SMARTS) is 1. The van der Waals surface area contributed by atoms with Crippen LogP contribution in [0.4, 0.5) is 0 Å². The van der Waals surface area contributed by atoms with E-state index in [9.17, 15) is 14.7 Å². The van der Waals surface area contributed by atoms with Crippen LogP contribution in [0, 0.1) is 5.41 Å². The summed E-state index contributed by atoms with van der Waals surface area (Å²) in [7, 11) is 0. The number of carboxylic acids is 1. The summed E-state index contributed by atoms with van der Waals surface area (Å²) in [6.07, 6.45) is 11.6. The molecule has 2 rings (SSSR count). The Labute approximate surface area is 174 Å². The monoisotopic (exact) mass is 404 g/mol. The quantitative estimate of drug-likeness (QED) is 0.301. The van der Waals surface area contributed by atoms with Crippen molar-refractivity contribution in [1.29, 1.82) is 0 Å². The number of hydrogen-bond donors (Lipinski definition) is 2. The Hall–Kier alpha value is -2.04. The predicted octanol–water partition coefficient (Wildman–Crippen LogP) is 5.41. The van der Waals surface area contributed by atoms with Crippen LogP contribution in [0.25, 0.3) is 0 Å². The highest BCUT2D eigenvalue weighted by Crippen LogP contribution is 2.43. The molecule has 0 amide bonds. The Kier molecular flexibility index (Phi) is 8.54. The van der Waals surface area contributed by atoms with Crippen LogP contribution in [0.3, 0.4) is 0 Å². The van der Waals surface area contributed by atoms with Crippen molar-refractivity contribution >= 4 is 12.4 Å². The van der Waals surface area contributed by atoms with Gasteiger partial charge in [-0.3, -0.25) is 9.59 Å². The molecule has 162 valence electrons. The van der Waals surface area contributed by atoms with E-state index in [2.05, 4.69) is 6.07 Å². The highest BCUT2D eigenvalue weighted by molar-refractivity contribution is 5.73. The summed E-state index contributed by atoms with van der Waals surface area (Å²) in [6.45, 7) is 4.13. The molecule has 2 N–H and O–H groups in total. The van der Waals surface area contributed by atoms with Gasteiger partial charge < -0.3 is 14.9 Å². The molecule has 5 nitrogen and oxygen atoms in total. The van der Waals surface area contributed by atoms with Crippen LogP contribution in [-0.2, 0) is 27.2 Å². The lowest BCUT2D eigenvalue weighted by Crippen LogP contribution is -2.23. The lowest BCUT2D eigenvalue weighted by Gasteiger charge is -2.18. The number of aliphatic carboxylic acids is 1. The molecular weight excluding hydrogens is 368 g/mol. The number of phenolic OH excluding ortho intramolecular Hbond substituents is 1. The molecule has 1 aromatic rings. The van der Waals surface area contributed by atoms with Crippen molar-refractivity contribution in [3.05, 3.63) is 29.3 Å². The fourth-order valence-corrected chi connectivity index (χ4v) is 3.83. The third-order valence-corrected chi connectivity index (χ3v) is 6.09. The third kappa shape index (κ3) is 8.08. The van der Waals surface area contributed by atoms with E-state index in [1.54, 1.807) is 13.8 Å². The molecule has 0 aromatic heterocycles. The van der Waals surface area contributed by atoms with Gasteiger partial charge in [-0.15, -0.1) is 0 Å². The van der Waals surface area contributed by atoms with E-state index in [0.717, 1.165) is 81.8 Å². The van der Waals surface area contributed by atoms with Crippen LogP contribution in [0.1, 0.15) is 89.2 Å². The Bertz CT molecular complexity index is 676. The number of phenols is 1. The van der Waals surface area contributed by atoms with Crippen molar-refractivity contribution in [2.75, 3.05) is 0 Å². The van der Waals surface area contributed by atoms with Crippen LogP contribution in [-0.4, -0.2) is 28.3 Å². The van der Waals surface area contributed by atoms with Gasteiger partial charge in [0.1, 0.15) is 11.4 Å². The van der Waals surface area contributed by atoms with Gasteiger partial charge in [0, 0.05) is 0 Å². The maximum atomic E-state index is 11.1. The number of carbonyl (C=O) groups excluding carboxylic acids is 1. The summed E-state index contributed by atoms with van der Waals surface area (Å²) >= 11 is 0. The van der Waals surface area contributed by atoms with Crippen LogP contribution in [0.2, 0.25) is 0 Å². The molecular formula is C24H36O5. The van der Waals surface area contributed by atoms with E-state index in [0.29, 0.717) is 18.6 Å². The van der Waals surface area contributed by atoms with Gasteiger partial charge in [-0.1, -0.05) is 25.3 Å². The minimum atomic E-state index is -0.737. The van der Waals surface area contributed by atoms with Crippen molar-refractivity contribution in [3.8, 4) is 5.75 Å². The first-order valence-corrected chi connectivity index (χ1v) is 10.9. The molecule has 0 spiro atoms. The summed E-state index contributed by atoms with van der Waals surface area (Å²) < 4.78 is 5.18. The van der Waals surface area contributed by atoms with Gasteiger partial charge in [0.2, 0.25) is 0 Å². The first kappa shape index (κ1) is 23.2. The maximum Gasteiger partial charge on any atom is 0.309 e. The van der Waals surface area contributed by atoms with Crippen molar-refractivity contribution in [2.24, 2.45) is 5.41 Å². The zero-order chi connectivity index (χ0) is 21.3. The minimum Gasteiger partial charge on any atom is -0.508 e. The molecule has 0 heterocycles. The van der Waals surface area contributed by atoms with Crippen molar-refractivity contribution in [2.45, 2.75) is 96.5 Å². The van der Waals surface area contributed by atoms with Gasteiger partial charge in [0.25, 0.3) is 6.47 Å². The van der Waals surface area contributed by atoms with Crippen LogP contribution >= 0.6 is 0 Å². The Morgan fingerprint density at radius 3 is 2.14 bits per heavy atom. The van der Waals surface area contributed by atoms with E-state index in [4.69, 9.17) is 9.84 Å². The number of rotatable bonds is 15. The second kappa shape index (κ2) is 10.7. The average molecular weight is 405 g/mol. The van der Waals surface area contributed by atoms with E-state index in [-0.39, 0.29) is 5.60 Å². The SMILES string of the molecule is CC(C)(CCCCCc1cc(O)cc(CCCCCC2(OC=O)CC2)c1)C(=O)O. The molecule has 0 aliphatic heterocycles. The molecule has 1 aliphatic carbocycles. The number of unbranched alkanes of at least 4 members (excludes halogenated alkanes) is 4. The van der Waals surface area contributed by atoms with E-state index in [1.807, 2.05) is 12.1 Å². The van der Waals surface area contributed by atoms with E-state index < -0.39 is 11.4 Å². The molecule has 0 saturated heterocycles. The first-order chi connectivity index (χ1) is 13.8. The fourth-order valence-electron chi connectivity index (χ4n) is 3.83. The largest absolute Gasteiger partial charge is 0.508 e. The molecule has 1 fully saturated rings. The number of benzene rings is 1. The van der Waals surface area contributed by atoms with E-state index >= 15 is 0 Å². The fraction of sp³-hybridized carbons (Fsp3) is 0.667. The van der Waals surface area contributed by atoms with Crippen LogP contribution in [0.5, 0.6) is 5.75 Å². The molecule has 5 heteroatoms. The summed E-state index contributed by atoms with van der Waals surface area (Å²) in [5, 5.41) is 19.2. The normalized spacial score (nSPS) is 15.1. The van der Waals surface area contributed by atoms with Gasteiger partial charge in [-0.05, 0) is 94.9 Å². The maximum absolute atomic E-state index is 11.1. The molecule has 0 radical (unpaired) electrons. The zero-order valence-electron chi connectivity index (χ0n) is 17.9. The predicted molar refractivity (Wildman–Crippen MR) is 113 cm³/mol. The molecule has 29 heavy (non-hydrogen) atoms. The van der Waals surface area contributed by atoms with Crippen molar-refractivity contribution in [1.82, 2.24) is 0 Å².